The van der Waals surface area contributed by atoms with Gasteiger partial charge in [-0.15, -0.1) is 12.4 Å². The molecule has 2 saturated heterocycles. The molecule has 0 aromatic rings. The second-order valence-electron chi connectivity index (χ2n) is 5.29. The van der Waals surface area contributed by atoms with Crippen molar-refractivity contribution in [3.63, 3.8) is 0 Å². The van der Waals surface area contributed by atoms with E-state index in [1.807, 2.05) is 6.92 Å². The van der Waals surface area contributed by atoms with Crippen molar-refractivity contribution in [2.24, 2.45) is 11.8 Å². The van der Waals surface area contributed by atoms with Crippen LogP contribution in [0.15, 0.2) is 0 Å². The molecule has 0 aromatic heterocycles. The van der Waals surface area contributed by atoms with Crippen molar-refractivity contribution in [3.05, 3.63) is 0 Å². The quantitative estimate of drug-likeness (QED) is 0.795. The Hall–Kier alpha value is -0.360. The van der Waals surface area contributed by atoms with Gasteiger partial charge in [-0.05, 0) is 18.8 Å². The number of ether oxygens (including phenoxy) is 2. The van der Waals surface area contributed by atoms with Gasteiger partial charge in [0.15, 0.2) is 0 Å². The zero-order valence-electron chi connectivity index (χ0n) is 11.7. The molecule has 0 spiro atoms. The number of nitrogens with one attached hydrogen (secondary N) is 2. The first kappa shape index (κ1) is 16.7. The van der Waals surface area contributed by atoms with Gasteiger partial charge < -0.3 is 20.1 Å². The molecule has 3 atom stereocenters. The van der Waals surface area contributed by atoms with Gasteiger partial charge in [-0.3, -0.25) is 4.79 Å². The third-order valence-corrected chi connectivity index (χ3v) is 4.18. The fourth-order valence-corrected chi connectivity index (χ4v) is 2.79. The number of amides is 1. The van der Waals surface area contributed by atoms with E-state index in [0.717, 1.165) is 39.1 Å². The number of halogens is 1. The molecule has 2 fully saturated rings. The molecule has 19 heavy (non-hydrogen) atoms. The van der Waals surface area contributed by atoms with Crippen LogP contribution in [-0.2, 0) is 14.3 Å². The number of hydrogen-bond acceptors (Lipinski definition) is 4. The van der Waals surface area contributed by atoms with Crippen molar-refractivity contribution in [1.82, 2.24) is 10.6 Å². The minimum Gasteiger partial charge on any atom is -0.381 e. The van der Waals surface area contributed by atoms with Gasteiger partial charge >= 0.3 is 0 Å². The van der Waals surface area contributed by atoms with E-state index in [9.17, 15) is 4.79 Å². The molecule has 2 N–H and O–H groups in total. The molecule has 0 saturated carbocycles. The zero-order valence-corrected chi connectivity index (χ0v) is 12.5. The maximum atomic E-state index is 12.2. The third-order valence-electron chi connectivity index (χ3n) is 4.18. The van der Waals surface area contributed by atoms with Gasteiger partial charge in [0.2, 0.25) is 5.91 Å². The highest BCUT2D eigenvalue weighted by molar-refractivity contribution is 5.85. The van der Waals surface area contributed by atoms with Gasteiger partial charge in [-0.1, -0.05) is 6.92 Å². The maximum absolute atomic E-state index is 12.2. The Labute approximate surface area is 121 Å². The minimum atomic E-state index is 0. The summed E-state index contributed by atoms with van der Waals surface area (Å²) >= 11 is 0. The average molecular weight is 293 g/mol. The Balaban J connectivity index is 0.00000180. The predicted octanol–water partition coefficient (Wildman–Crippen LogP) is 0.574. The van der Waals surface area contributed by atoms with E-state index in [0.29, 0.717) is 5.92 Å². The molecular formula is C13H25ClN2O3. The summed E-state index contributed by atoms with van der Waals surface area (Å²) in [6.07, 6.45) is 2.08. The van der Waals surface area contributed by atoms with Gasteiger partial charge in [0.05, 0.1) is 12.1 Å². The van der Waals surface area contributed by atoms with Crippen LogP contribution >= 0.6 is 12.4 Å². The summed E-state index contributed by atoms with van der Waals surface area (Å²) in [5, 5.41) is 6.35. The largest absolute Gasteiger partial charge is 0.381 e. The first-order chi connectivity index (χ1) is 8.72. The number of hydrogen-bond donors (Lipinski definition) is 2. The van der Waals surface area contributed by atoms with Crippen molar-refractivity contribution < 1.29 is 14.3 Å². The highest BCUT2D eigenvalue weighted by Gasteiger charge is 2.32. The van der Waals surface area contributed by atoms with Gasteiger partial charge in [0, 0.05) is 39.3 Å². The first-order valence-corrected chi connectivity index (χ1v) is 6.84. The molecule has 0 aromatic carbocycles. The van der Waals surface area contributed by atoms with Crippen molar-refractivity contribution in [1.29, 1.82) is 0 Å². The van der Waals surface area contributed by atoms with E-state index in [1.54, 1.807) is 7.11 Å². The van der Waals surface area contributed by atoms with E-state index in [2.05, 4.69) is 10.6 Å². The third kappa shape index (κ3) is 4.31. The van der Waals surface area contributed by atoms with E-state index < -0.39 is 0 Å². The lowest BCUT2D eigenvalue weighted by atomic mass is 9.86. The Morgan fingerprint density at radius 2 is 2.05 bits per heavy atom. The lowest BCUT2D eigenvalue weighted by Gasteiger charge is -2.28. The van der Waals surface area contributed by atoms with Crippen molar-refractivity contribution in [2.45, 2.75) is 31.9 Å². The lowest BCUT2D eigenvalue weighted by Crippen LogP contribution is -2.47. The normalized spacial score (nSPS) is 29.6. The number of rotatable bonds is 4. The van der Waals surface area contributed by atoms with Crippen LogP contribution in [0.25, 0.3) is 0 Å². The molecule has 2 unspecified atom stereocenters. The van der Waals surface area contributed by atoms with E-state index in [-0.39, 0.29) is 36.4 Å². The molecule has 0 radical (unpaired) electrons. The summed E-state index contributed by atoms with van der Waals surface area (Å²) in [6.45, 7) is 5.20. The van der Waals surface area contributed by atoms with E-state index in [4.69, 9.17) is 9.47 Å². The Kier molecular flexibility index (Phi) is 7.07. The summed E-state index contributed by atoms with van der Waals surface area (Å²) in [4.78, 5) is 12.2. The van der Waals surface area contributed by atoms with Crippen LogP contribution in [0.5, 0.6) is 0 Å². The average Bonchev–Trinajstić information content (AvgIpc) is 2.86. The van der Waals surface area contributed by atoms with E-state index in [1.165, 1.54) is 0 Å². The lowest BCUT2D eigenvalue weighted by molar-refractivity contribution is -0.128. The Bertz CT molecular complexity index is 285. The van der Waals surface area contributed by atoms with Crippen LogP contribution in [0, 0.1) is 11.8 Å². The Morgan fingerprint density at radius 3 is 2.68 bits per heavy atom. The molecule has 1 amide bonds. The number of methoxy groups -OCH3 is 1. The van der Waals surface area contributed by atoms with Crippen LogP contribution in [0.3, 0.4) is 0 Å². The molecule has 5 nitrogen and oxygen atoms in total. The minimum absolute atomic E-state index is 0. The van der Waals surface area contributed by atoms with Crippen LogP contribution in [0.1, 0.15) is 19.8 Å². The highest BCUT2D eigenvalue weighted by Crippen LogP contribution is 2.23. The second-order valence-corrected chi connectivity index (χ2v) is 5.29. The van der Waals surface area contributed by atoms with Crippen LogP contribution in [-0.4, -0.2) is 51.5 Å². The SMILES string of the molecule is CO[C@H]1CNCC1NC(=O)C(C)C1CCOCC1.Cl. The molecule has 2 aliphatic rings. The summed E-state index contributed by atoms with van der Waals surface area (Å²) < 4.78 is 10.7. The van der Waals surface area contributed by atoms with Crippen molar-refractivity contribution in [3.8, 4) is 0 Å². The fraction of sp³-hybridized carbons (Fsp3) is 0.923. The van der Waals surface area contributed by atoms with Crippen LogP contribution < -0.4 is 10.6 Å². The highest BCUT2D eigenvalue weighted by atomic mass is 35.5. The van der Waals surface area contributed by atoms with Crippen LogP contribution in [0.4, 0.5) is 0 Å². The zero-order chi connectivity index (χ0) is 13.0. The maximum Gasteiger partial charge on any atom is 0.223 e. The fourth-order valence-electron chi connectivity index (χ4n) is 2.79. The second kappa shape index (κ2) is 8.04. The summed E-state index contributed by atoms with van der Waals surface area (Å²) in [7, 11) is 1.69. The van der Waals surface area contributed by atoms with Gasteiger partial charge in [0.25, 0.3) is 0 Å². The molecule has 2 rings (SSSR count). The summed E-state index contributed by atoms with van der Waals surface area (Å²) in [5.41, 5.74) is 0. The molecule has 2 aliphatic heterocycles. The topological polar surface area (TPSA) is 59.6 Å². The predicted molar refractivity (Wildman–Crippen MR) is 75.6 cm³/mol. The molecule has 0 bridgehead atoms. The van der Waals surface area contributed by atoms with Gasteiger partial charge in [-0.25, -0.2) is 0 Å². The van der Waals surface area contributed by atoms with E-state index >= 15 is 0 Å². The smallest absolute Gasteiger partial charge is 0.223 e. The van der Waals surface area contributed by atoms with Gasteiger partial charge in [-0.2, -0.15) is 0 Å². The van der Waals surface area contributed by atoms with Crippen LogP contribution in [0.2, 0.25) is 0 Å². The molecule has 6 heteroatoms. The van der Waals surface area contributed by atoms with Crippen molar-refractivity contribution >= 4 is 18.3 Å². The van der Waals surface area contributed by atoms with Crippen molar-refractivity contribution in [2.75, 3.05) is 33.4 Å². The monoisotopic (exact) mass is 292 g/mol. The first-order valence-electron chi connectivity index (χ1n) is 6.84. The summed E-state index contributed by atoms with van der Waals surface area (Å²) in [5.74, 6) is 0.666. The molecule has 0 aliphatic carbocycles. The Morgan fingerprint density at radius 1 is 1.37 bits per heavy atom. The molecule has 112 valence electrons. The molecular weight excluding hydrogens is 268 g/mol. The molecule has 2 heterocycles. The number of carbonyl (C=O) groups excluding carboxylic acids is 1. The standard InChI is InChI=1S/C13H24N2O3.ClH/c1-9(10-3-5-18-6-4-10)13(16)15-11-7-14-8-12(11)17-2;/h9-12,14H,3-8H2,1-2H3,(H,15,16);1H/t9?,11?,12-;/m0./s1. The van der Waals surface area contributed by atoms with Gasteiger partial charge in [0.1, 0.15) is 0 Å². The summed E-state index contributed by atoms with van der Waals surface area (Å²) in [6, 6.07) is 0.102. The number of carbonyl (C=O) groups is 1.